The van der Waals surface area contributed by atoms with Crippen LogP contribution in [0.5, 0.6) is 0 Å². The minimum Gasteiger partial charge on any atom is -0.347 e. The fraction of sp³-hybridized carbons (Fsp3) is 0.182. The first-order valence-corrected chi connectivity index (χ1v) is 9.13. The lowest BCUT2D eigenvalue weighted by Gasteiger charge is -2.50. The van der Waals surface area contributed by atoms with E-state index in [-0.39, 0.29) is 6.17 Å². The van der Waals surface area contributed by atoms with E-state index < -0.39 is 0 Å². The molecule has 25 heavy (non-hydrogen) atoms. The minimum absolute atomic E-state index is 0.237. The maximum absolute atomic E-state index is 6.12. The van der Waals surface area contributed by atoms with Crippen molar-refractivity contribution in [2.45, 2.75) is 19.1 Å². The second-order valence-corrected chi connectivity index (χ2v) is 7.19. The van der Waals surface area contributed by atoms with Crippen LogP contribution in [0, 0.1) is 0 Å². The van der Waals surface area contributed by atoms with E-state index >= 15 is 0 Å². The van der Waals surface area contributed by atoms with Crippen molar-refractivity contribution in [3.63, 3.8) is 0 Å². The zero-order chi connectivity index (χ0) is 16.8. The summed E-state index contributed by atoms with van der Waals surface area (Å²) in [6, 6.07) is 25.9. The van der Waals surface area contributed by atoms with Crippen LogP contribution in [-0.2, 0) is 13.0 Å². The Bertz CT molecular complexity index is 919. The number of para-hydroxylation sites is 1. The molecule has 0 amide bonds. The lowest BCUT2D eigenvalue weighted by molar-refractivity contribution is 0.520. The molecule has 0 fully saturated rings. The van der Waals surface area contributed by atoms with Gasteiger partial charge in [-0.05, 0) is 53.4 Å². The van der Waals surface area contributed by atoms with Gasteiger partial charge >= 0.3 is 0 Å². The molecule has 0 bridgehead atoms. The molecule has 2 heterocycles. The zero-order valence-electron chi connectivity index (χ0n) is 13.9. The van der Waals surface area contributed by atoms with Gasteiger partial charge in [0.2, 0.25) is 0 Å². The van der Waals surface area contributed by atoms with Gasteiger partial charge in [0.1, 0.15) is 6.17 Å². The number of hydrogen-bond acceptors (Lipinski definition) is 2. The van der Waals surface area contributed by atoms with E-state index in [2.05, 4.69) is 70.5 Å². The third kappa shape index (κ3) is 2.40. The second-order valence-electron chi connectivity index (χ2n) is 6.75. The predicted molar refractivity (Wildman–Crippen MR) is 104 cm³/mol. The van der Waals surface area contributed by atoms with Crippen molar-refractivity contribution in [2.75, 3.05) is 16.3 Å². The Morgan fingerprint density at radius 1 is 0.760 bits per heavy atom. The molecule has 0 spiro atoms. The van der Waals surface area contributed by atoms with Gasteiger partial charge in [0, 0.05) is 29.5 Å². The van der Waals surface area contributed by atoms with Gasteiger partial charge in [-0.3, -0.25) is 0 Å². The number of halogens is 1. The predicted octanol–water partition coefficient (Wildman–Crippen LogP) is 5.42. The average Bonchev–Trinajstić information content (AvgIpc) is 2.67. The summed E-state index contributed by atoms with van der Waals surface area (Å²) in [7, 11) is 0. The molecule has 124 valence electrons. The molecule has 2 aliphatic heterocycles. The van der Waals surface area contributed by atoms with E-state index in [0.717, 1.165) is 24.5 Å². The maximum atomic E-state index is 6.12. The molecule has 3 aromatic rings. The van der Waals surface area contributed by atoms with Crippen molar-refractivity contribution in [3.05, 3.63) is 94.5 Å². The molecule has 0 N–H and O–H groups in total. The minimum atomic E-state index is 0.237. The van der Waals surface area contributed by atoms with Crippen LogP contribution in [0.15, 0.2) is 72.8 Å². The molecule has 2 aliphatic rings. The molecule has 0 radical (unpaired) electrons. The first-order chi connectivity index (χ1) is 12.3. The highest BCUT2D eigenvalue weighted by Gasteiger charge is 2.36. The van der Waals surface area contributed by atoms with Gasteiger partial charge in [0.25, 0.3) is 0 Å². The van der Waals surface area contributed by atoms with Crippen molar-refractivity contribution in [1.82, 2.24) is 0 Å². The van der Waals surface area contributed by atoms with Crippen LogP contribution in [0.3, 0.4) is 0 Å². The zero-order valence-corrected chi connectivity index (χ0v) is 14.7. The molecule has 0 saturated heterocycles. The fourth-order valence-corrected chi connectivity index (χ4v) is 4.32. The quantitative estimate of drug-likeness (QED) is 0.580. The lowest BCUT2D eigenvalue weighted by Crippen LogP contribution is -2.49. The molecule has 1 unspecified atom stereocenters. The molecule has 5 rings (SSSR count). The monoisotopic (exact) mass is 346 g/mol. The van der Waals surface area contributed by atoms with Gasteiger partial charge in [-0.2, -0.15) is 0 Å². The first-order valence-electron chi connectivity index (χ1n) is 8.76. The van der Waals surface area contributed by atoms with Crippen molar-refractivity contribution in [3.8, 4) is 0 Å². The average molecular weight is 347 g/mol. The highest BCUT2D eigenvalue weighted by Crippen LogP contribution is 2.44. The molecule has 0 aromatic heterocycles. The third-order valence-corrected chi connectivity index (χ3v) is 5.60. The van der Waals surface area contributed by atoms with E-state index in [4.69, 9.17) is 11.6 Å². The van der Waals surface area contributed by atoms with Crippen LogP contribution in [0.1, 0.15) is 22.9 Å². The summed E-state index contributed by atoms with van der Waals surface area (Å²) in [6.45, 7) is 1.95. The Kier molecular flexibility index (Phi) is 3.46. The molecule has 2 nitrogen and oxygen atoms in total. The second kappa shape index (κ2) is 5.82. The number of rotatable bonds is 1. The van der Waals surface area contributed by atoms with E-state index in [1.807, 2.05) is 12.1 Å². The molecular weight excluding hydrogens is 328 g/mol. The fourth-order valence-electron chi connectivity index (χ4n) is 4.19. The van der Waals surface area contributed by atoms with E-state index in [1.165, 1.54) is 28.1 Å². The Labute approximate surface area is 153 Å². The Morgan fingerprint density at radius 2 is 1.48 bits per heavy atom. The van der Waals surface area contributed by atoms with Crippen molar-refractivity contribution >= 4 is 23.0 Å². The lowest BCUT2D eigenvalue weighted by atomic mass is 9.92. The van der Waals surface area contributed by atoms with Crippen LogP contribution in [0.25, 0.3) is 0 Å². The van der Waals surface area contributed by atoms with E-state index in [1.54, 1.807) is 0 Å². The summed E-state index contributed by atoms with van der Waals surface area (Å²) in [5, 5.41) is 0.780. The Morgan fingerprint density at radius 3 is 2.32 bits per heavy atom. The van der Waals surface area contributed by atoms with Gasteiger partial charge in [0.05, 0.1) is 0 Å². The summed E-state index contributed by atoms with van der Waals surface area (Å²) in [4.78, 5) is 5.05. The summed E-state index contributed by atoms with van der Waals surface area (Å²) >= 11 is 6.12. The third-order valence-electron chi connectivity index (χ3n) is 5.35. The smallest absolute Gasteiger partial charge is 0.129 e. The van der Waals surface area contributed by atoms with Crippen molar-refractivity contribution < 1.29 is 0 Å². The standard InChI is InChI=1S/C22H19ClN2/c23-18-9-11-19(12-10-18)25-15-17-6-2-4-8-21(17)24-14-13-16-5-1-3-7-20(16)22(24)25/h1-12,22H,13-15H2. The van der Waals surface area contributed by atoms with Crippen LogP contribution < -0.4 is 9.80 Å². The van der Waals surface area contributed by atoms with Crippen LogP contribution in [0.2, 0.25) is 5.02 Å². The molecule has 3 aromatic carbocycles. The number of anilines is 2. The maximum Gasteiger partial charge on any atom is 0.129 e. The first kappa shape index (κ1) is 14.9. The summed E-state index contributed by atoms with van der Waals surface area (Å²) < 4.78 is 0. The summed E-state index contributed by atoms with van der Waals surface area (Å²) in [6.07, 6.45) is 1.33. The summed E-state index contributed by atoms with van der Waals surface area (Å²) in [5.74, 6) is 0. The van der Waals surface area contributed by atoms with Gasteiger partial charge in [-0.1, -0.05) is 54.1 Å². The molecule has 0 saturated carbocycles. The number of hydrogen-bond donors (Lipinski definition) is 0. The Balaban J connectivity index is 1.69. The number of nitrogens with zero attached hydrogens (tertiary/aromatic N) is 2. The number of fused-ring (bicyclic) bond motifs is 5. The van der Waals surface area contributed by atoms with Gasteiger partial charge in [0.15, 0.2) is 0 Å². The highest BCUT2D eigenvalue weighted by atomic mass is 35.5. The highest BCUT2D eigenvalue weighted by molar-refractivity contribution is 6.30. The number of benzene rings is 3. The molecular formula is C22H19ClN2. The molecule has 1 atom stereocenters. The van der Waals surface area contributed by atoms with E-state index in [9.17, 15) is 0 Å². The molecule has 0 aliphatic carbocycles. The summed E-state index contributed by atoms with van der Waals surface area (Å²) in [5.41, 5.74) is 6.84. The molecule has 3 heteroatoms. The normalized spacial score (nSPS) is 18.4. The van der Waals surface area contributed by atoms with Crippen LogP contribution in [-0.4, -0.2) is 6.54 Å². The largest absolute Gasteiger partial charge is 0.347 e. The van der Waals surface area contributed by atoms with Gasteiger partial charge in [-0.25, -0.2) is 0 Å². The van der Waals surface area contributed by atoms with Crippen LogP contribution >= 0.6 is 11.6 Å². The van der Waals surface area contributed by atoms with Crippen molar-refractivity contribution in [1.29, 1.82) is 0 Å². The SMILES string of the molecule is Clc1ccc(N2Cc3ccccc3N3CCc4ccccc4C23)cc1. The van der Waals surface area contributed by atoms with Gasteiger partial charge in [-0.15, -0.1) is 0 Å². The van der Waals surface area contributed by atoms with Gasteiger partial charge < -0.3 is 9.80 Å². The van der Waals surface area contributed by atoms with Crippen LogP contribution in [0.4, 0.5) is 11.4 Å². The topological polar surface area (TPSA) is 6.48 Å². The van der Waals surface area contributed by atoms with E-state index in [0.29, 0.717) is 0 Å². The van der Waals surface area contributed by atoms with Crippen molar-refractivity contribution in [2.24, 2.45) is 0 Å². The Hall–Kier alpha value is -2.45.